The molecule has 0 saturated carbocycles. The predicted octanol–water partition coefficient (Wildman–Crippen LogP) is 1.22. The molecule has 1 unspecified atom stereocenters. The summed E-state index contributed by atoms with van der Waals surface area (Å²) < 4.78 is 13.8. The average Bonchev–Trinajstić information content (AvgIpc) is 3.04. The van der Waals surface area contributed by atoms with E-state index in [1.807, 2.05) is 10.9 Å². The summed E-state index contributed by atoms with van der Waals surface area (Å²) >= 11 is 0. The van der Waals surface area contributed by atoms with Crippen molar-refractivity contribution in [2.45, 2.75) is 38.5 Å². The molecule has 0 amide bonds. The Morgan fingerprint density at radius 1 is 1.25 bits per heavy atom. The van der Waals surface area contributed by atoms with E-state index in [1.165, 1.54) is 24.9 Å². The highest BCUT2D eigenvalue weighted by atomic mass is 16.5. The maximum Gasteiger partial charge on any atom is 0.0935 e. The van der Waals surface area contributed by atoms with Crippen molar-refractivity contribution in [3.63, 3.8) is 0 Å². The molecule has 0 radical (unpaired) electrons. The highest BCUT2D eigenvalue weighted by Crippen LogP contribution is 2.36. The first-order valence-electron chi connectivity index (χ1n) is 9.42. The van der Waals surface area contributed by atoms with Crippen molar-refractivity contribution in [1.29, 1.82) is 0 Å². The van der Waals surface area contributed by atoms with E-state index in [0.29, 0.717) is 5.92 Å². The van der Waals surface area contributed by atoms with Gasteiger partial charge in [-0.1, -0.05) is 0 Å². The van der Waals surface area contributed by atoms with Gasteiger partial charge in [0, 0.05) is 57.6 Å². The van der Waals surface area contributed by atoms with Crippen molar-refractivity contribution in [3.05, 3.63) is 18.0 Å². The lowest BCUT2D eigenvalue weighted by molar-refractivity contribution is -0.184. The number of aromatic nitrogens is 2. The summed E-state index contributed by atoms with van der Waals surface area (Å²) in [4.78, 5) is 5.02. The van der Waals surface area contributed by atoms with Crippen molar-refractivity contribution in [1.82, 2.24) is 19.6 Å². The van der Waals surface area contributed by atoms with Gasteiger partial charge >= 0.3 is 0 Å². The number of aryl methyl sites for hydroxylation is 1. The second kappa shape index (κ2) is 7.12. The molecule has 1 aromatic rings. The molecule has 134 valence electrons. The Labute approximate surface area is 144 Å². The van der Waals surface area contributed by atoms with Gasteiger partial charge in [0.15, 0.2) is 0 Å². The molecule has 3 aliphatic rings. The smallest absolute Gasteiger partial charge is 0.0935 e. The first-order chi connectivity index (χ1) is 11.7. The standard InChI is InChI=1S/C18H30N4O2/c1-2-22-12-17(9-19-22)11-21-14-18(15-21)4-3-16(13-24-18)10-20-5-7-23-8-6-20/h9,12,16H,2-8,10-11,13-15H2,1H3. The molecular formula is C18H30N4O2. The molecule has 1 aromatic heterocycles. The number of hydrogen-bond acceptors (Lipinski definition) is 5. The van der Waals surface area contributed by atoms with Gasteiger partial charge in [-0.25, -0.2) is 0 Å². The van der Waals surface area contributed by atoms with Crippen LogP contribution in [0.15, 0.2) is 12.4 Å². The minimum atomic E-state index is 0.141. The van der Waals surface area contributed by atoms with Gasteiger partial charge < -0.3 is 9.47 Å². The zero-order valence-corrected chi connectivity index (χ0v) is 14.8. The maximum absolute atomic E-state index is 6.33. The minimum absolute atomic E-state index is 0.141. The molecule has 4 rings (SSSR count). The molecule has 4 heterocycles. The molecule has 1 spiro atoms. The van der Waals surface area contributed by atoms with Crippen molar-refractivity contribution in [2.24, 2.45) is 5.92 Å². The third kappa shape index (κ3) is 3.67. The molecule has 0 N–H and O–H groups in total. The van der Waals surface area contributed by atoms with Gasteiger partial charge in [0.25, 0.3) is 0 Å². The van der Waals surface area contributed by atoms with Crippen LogP contribution in [0.2, 0.25) is 0 Å². The molecule has 1 atom stereocenters. The third-order valence-corrected chi connectivity index (χ3v) is 5.69. The van der Waals surface area contributed by atoms with Crippen LogP contribution in [0.3, 0.4) is 0 Å². The van der Waals surface area contributed by atoms with E-state index >= 15 is 0 Å². The van der Waals surface area contributed by atoms with Gasteiger partial charge in [-0.15, -0.1) is 0 Å². The Balaban J connectivity index is 1.19. The number of likely N-dealkylation sites (tertiary alicyclic amines) is 1. The summed E-state index contributed by atoms with van der Waals surface area (Å²) in [7, 11) is 0. The van der Waals surface area contributed by atoms with Gasteiger partial charge in [-0.05, 0) is 25.7 Å². The first kappa shape index (κ1) is 16.5. The number of hydrogen-bond donors (Lipinski definition) is 0. The fourth-order valence-electron chi connectivity index (χ4n) is 4.26. The summed E-state index contributed by atoms with van der Waals surface area (Å²) in [5, 5.41) is 4.36. The first-order valence-corrected chi connectivity index (χ1v) is 9.42. The highest BCUT2D eigenvalue weighted by Gasteiger charge is 2.46. The number of ether oxygens (including phenoxy) is 2. The summed E-state index contributed by atoms with van der Waals surface area (Å²) in [5.74, 6) is 0.700. The van der Waals surface area contributed by atoms with Crippen LogP contribution in [0.4, 0.5) is 0 Å². The van der Waals surface area contributed by atoms with E-state index < -0.39 is 0 Å². The molecule has 6 nitrogen and oxygen atoms in total. The van der Waals surface area contributed by atoms with Crippen molar-refractivity contribution in [3.8, 4) is 0 Å². The van der Waals surface area contributed by atoms with Crippen LogP contribution in [-0.2, 0) is 22.6 Å². The summed E-state index contributed by atoms with van der Waals surface area (Å²) in [6.45, 7) is 12.3. The second-order valence-corrected chi connectivity index (χ2v) is 7.66. The average molecular weight is 334 g/mol. The topological polar surface area (TPSA) is 42.8 Å². The SMILES string of the molecule is CCn1cc(CN2CC3(CCC(CN4CCOCC4)CO3)C2)cn1. The van der Waals surface area contributed by atoms with Gasteiger partial charge in [0.1, 0.15) is 0 Å². The summed E-state index contributed by atoms with van der Waals surface area (Å²) in [6, 6.07) is 0. The molecule has 6 heteroatoms. The van der Waals surface area contributed by atoms with Gasteiger partial charge in [0.05, 0.1) is 31.6 Å². The number of morpholine rings is 1. The number of rotatable bonds is 5. The van der Waals surface area contributed by atoms with Crippen LogP contribution in [0.25, 0.3) is 0 Å². The molecule has 24 heavy (non-hydrogen) atoms. The quantitative estimate of drug-likeness (QED) is 0.810. The van der Waals surface area contributed by atoms with Crippen molar-refractivity contribution < 1.29 is 9.47 Å². The van der Waals surface area contributed by atoms with Crippen molar-refractivity contribution >= 4 is 0 Å². The second-order valence-electron chi connectivity index (χ2n) is 7.66. The Hall–Kier alpha value is -0.950. The van der Waals surface area contributed by atoms with Gasteiger partial charge in [0.2, 0.25) is 0 Å². The Bertz CT molecular complexity index is 525. The number of nitrogens with zero attached hydrogens (tertiary/aromatic N) is 4. The van der Waals surface area contributed by atoms with E-state index in [2.05, 4.69) is 28.0 Å². The Morgan fingerprint density at radius 2 is 2.08 bits per heavy atom. The molecule has 3 fully saturated rings. The van der Waals surface area contributed by atoms with Crippen LogP contribution < -0.4 is 0 Å². The minimum Gasteiger partial charge on any atom is -0.379 e. The maximum atomic E-state index is 6.33. The molecule has 0 aromatic carbocycles. The largest absolute Gasteiger partial charge is 0.379 e. The van der Waals surface area contributed by atoms with Crippen molar-refractivity contribution in [2.75, 3.05) is 52.5 Å². The van der Waals surface area contributed by atoms with E-state index in [9.17, 15) is 0 Å². The van der Waals surface area contributed by atoms with Gasteiger partial charge in [-0.2, -0.15) is 5.10 Å². The summed E-state index contributed by atoms with van der Waals surface area (Å²) in [6.07, 6.45) is 6.67. The molecule has 3 aliphatic heterocycles. The fraction of sp³-hybridized carbons (Fsp3) is 0.833. The molecular weight excluding hydrogens is 304 g/mol. The fourth-order valence-corrected chi connectivity index (χ4v) is 4.26. The van der Waals surface area contributed by atoms with Gasteiger partial charge in [-0.3, -0.25) is 14.5 Å². The third-order valence-electron chi connectivity index (χ3n) is 5.69. The lowest BCUT2D eigenvalue weighted by Gasteiger charge is -2.53. The predicted molar refractivity (Wildman–Crippen MR) is 91.8 cm³/mol. The van der Waals surface area contributed by atoms with E-state index in [4.69, 9.17) is 9.47 Å². The Kier molecular flexibility index (Phi) is 4.90. The monoisotopic (exact) mass is 334 g/mol. The Morgan fingerprint density at radius 3 is 2.75 bits per heavy atom. The molecule has 0 aliphatic carbocycles. The van der Waals surface area contributed by atoms with E-state index in [1.54, 1.807) is 0 Å². The highest BCUT2D eigenvalue weighted by molar-refractivity contribution is 5.08. The van der Waals surface area contributed by atoms with Crippen LogP contribution in [0.5, 0.6) is 0 Å². The zero-order chi connectivity index (χ0) is 16.4. The lowest BCUT2D eigenvalue weighted by atomic mass is 9.82. The summed E-state index contributed by atoms with van der Waals surface area (Å²) in [5.41, 5.74) is 1.45. The van der Waals surface area contributed by atoms with Crippen LogP contribution in [0.1, 0.15) is 25.3 Å². The van der Waals surface area contributed by atoms with E-state index in [-0.39, 0.29) is 5.60 Å². The van der Waals surface area contributed by atoms with Crippen LogP contribution in [-0.4, -0.2) is 77.7 Å². The zero-order valence-electron chi connectivity index (χ0n) is 14.8. The normalized spacial score (nSPS) is 28.1. The van der Waals surface area contributed by atoms with E-state index in [0.717, 1.165) is 59.1 Å². The molecule has 3 saturated heterocycles. The molecule has 0 bridgehead atoms. The lowest BCUT2D eigenvalue weighted by Crippen LogP contribution is -2.64. The van der Waals surface area contributed by atoms with Crippen LogP contribution in [0, 0.1) is 5.92 Å². The van der Waals surface area contributed by atoms with Crippen LogP contribution >= 0.6 is 0 Å².